The average molecular weight is 436 g/mol. The number of hydrogen-bond acceptors (Lipinski definition) is 6. The van der Waals surface area contributed by atoms with Crippen LogP contribution >= 0.6 is 11.8 Å². The molecule has 0 aliphatic carbocycles. The largest absolute Gasteiger partial charge is 0.463 e. The van der Waals surface area contributed by atoms with E-state index in [2.05, 4.69) is 20.4 Å². The van der Waals surface area contributed by atoms with Gasteiger partial charge in [0.25, 0.3) is 11.5 Å². The van der Waals surface area contributed by atoms with Crippen molar-refractivity contribution < 1.29 is 9.21 Å². The number of nitrogens with one attached hydrogen (secondary N) is 2. The Kier molecular flexibility index (Phi) is 6.03. The van der Waals surface area contributed by atoms with Gasteiger partial charge in [-0.3, -0.25) is 14.6 Å². The number of thioether (sulfide) groups is 1. The van der Waals surface area contributed by atoms with Crippen LogP contribution in [0.4, 0.5) is 5.82 Å². The first-order valence-corrected chi connectivity index (χ1v) is 11.0. The number of rotatable bonds is 7. The predicted octanol–water partition coefficient (Wildman–Crippen LogP) is 4.14. The SMILES string of the molecule is CCCc1cc(=O)[nH]c(-n2nc(-c3ccco3)cc2NC(=O)c2ccccc2SC)n1. The summed E-state index contributed by atoms with van der Waals surface area (Å²) in [6.45, 7) is 2.01. The molecule has 9 heteroatoms. The van der Waals surface area contributed by atoms with Crippen LogP contribution in [0.15, 0.2) is 68.9 Å². The zero-order valence-electron chi connectivity index (χ0n) is 17.1. The Morgan fingerprint density at radius 3 is 2.81 bits per heavy atom. The summed E-state index contributed by atoms with van der Waals surface area (Å²) < 4.78 is 6.87. The van der Waals surface area contributed by atoms with Gasteiger partial charge in [0.15, 0.2) is 5.76 Å². The van der Waals surface area contributed by atoms with Crippen molar-refractivity contribution in [3.63, 3.8) is 0 Å². The van der Waals surface area contributed by atoms with Gasteiger partial charge in [0.2, 0.25) is 5.95 Å². The molecule has 31 heavy (non-hydrogen) atoms. The Bertz CT molecular complexity index is 1260. The van der Waals surface area contributed by atoms with Crippen LogP contribution in [0.25, 0.3) is 17.4 Å². The molecule has 0 atom stereocenters. The summed E-state index contributed by atoms with van der Waals surface area (Å²) in [5.41, 5.74) is 1.42. The van der Waals surface area contributed by atoms with E-state index < -0.39 is 0 Å². The van der Waals surface area contributed by atoms with Crippen molar-refractivity contribution >= 4 is 23.5 Å². The molecule has 0 fully saturated rings. The zero-order valence-corrected chi connectivity index (χ0v) is 17.9. The van der Waals surface area contributed by atoms with Crippen molar-refractivity contribution in [2.24, 2.45) is 0 Å². The van der Waals surface area contributed by atoms with Crippen molar-refractivity contribution in [2.75, 3.05) is 11.6 Å². The molecule has 0 aliphatic heterocycles. The van der Waals surface area contributed by atoms with Crippen LogP contribution < -0.4 is 10.9 Å². The molecule has 0 unspecified atom stereocenters. The second-order valence-electron chi connectivity index (χ2n) is 6.77. The van der Waals surface area contributed by atoms with Gasteiger partial charge in [-0.1, -0.05) is 25.5 Å². The van der Waals surface area contributed by atoms with Crippen LogP contribution in [0.5, 0.6) is 0 Å². The topological polar surface area (TPSA) is 106 Å². The lowest BCUT2D eigenvalue weighted by Crippen LogP contribution is -2.19. The molecular formula is C22H21N5O3S. The van der Waals surface area contributed by atoms with Crippen LogP contribution in [0.1, 0.15) is 29.4 Å². The maximum absolute atomic E-state index is 13.0. The van der Waals surface area contributed by atoms with E-state index in [0.29, 0.717) is 35.0 Å². The smallest absolute Gasteiger partial charge is 0.257 e. The van der Waals surface area contributed by atoms with Gasteiger partial charge in [-0.2, -0.15) is 9.78 Å². The maximum Gasteiger partial charge on any atom is 0.257 e. The highest BCUT2D eigenvalue weighted by Crippen LogP contribution is 2.26. The molecule has 0 radical (unpaired) electrons. The standard InChI is InChI=1S/C22H21N5O3S/c1-3-7-14-12-20(28)25-22(23-14)27-19(13-16(26-27)17-9-6-11-30-17)24-21(29)15-8-4-5-10-18(15)31-2/h4-6,8-13H,3,7H2,1-2H3,(H,24,29)(H,23,25,28). The minimum absolute atomic E-state index is 0.224. The Morgan fingerprint density at radius 1 is 1.23 bits per heavy atom. The number of carbonyl (C=O) groups is 1. The Balaban J connectivity index is 1.78. The fourth-order valence-electron chi connectivity index (χ4n) is 3.17. The first-order valence-electron chi connectivity index (χ1n) is 9.78. The van der Waals surface area contributed by atoms with E-state index in [1.54, 1.807) is 30.5 Å². The first-order chi connectivity index (χ1) is 15.1. The molecule has 0 bridgehead atoms. The summed E-state index contributed by atoms with van der Waals surface area (Å²) in [5, 5.41) is 7.42. The van der Waals surface area contributed by atoms with E-state index in [-0.39, 0.29) is 17.4 Å². The number of aromatic amines is 1. The average Bonchev–Trinajstić information content (AvgIpc) is 3.43. The van der Waals surface area contributed by atoms with Crippen LogP contribution in [0, 0.1) is 0 Å². The normalized spacial score (nSPS) is 10.9. The number of amides is 1. The summed E-state index contributed by atoms with van der Waals surface area (Å²) >= 11 is 1.49. The number of benzene rings is 1. The van der Waals surface area contributed by atoms with Crippen molar-refractivity contribution in [2.45, 2.75) is 24.7 Å². The number of carbonyl (C=O) groups excluding carboxylic acids is 1. The molecule has 3 aromatic heterocycles. The highest BCUT2D eigenvalue weighted by Gasteiger charge is 2.19. The number of nitrogens with zero attached hydrogens (tertiary/aromatic N) is 3. The molecule has 158 valence electrons. The molecule has 3 heterocycles. The maximum atomic E-state index is 13.0. The van der Waals surface area contributed by atoms with Crippen molar-refractivity contribution in [3.05, 3.63) is 76.4 Å². The van der Waals surface area contributed by atoms with Crippen LogP contribution in [0.3, 0.4) is 0 Å². The van der Waals surface area contributed by atoms with Crippen LogP contribution in [0.2, 0.25) is 0 Å². The van der Waals surface area contributed by atoms with Crippen molar-refractivity contribution in [3.8, 4) is 17.4 Å². The number of hydrogen-bond donors (Lipinski definition) is 2. The lowest BCUT2D eigenvalue weighted by atomic mass is 10.2. The predicted molar refractivity (Wildman–Crippen MR) is 120 cm³/mol. The van der Waals surface area contributed by atoms with Gasteiger partial charge in [0, 0.05) is 22.7 Å². The summed E-state index contributed by atoms with van der Waals surface area (Å²) in [5.74, 6) is 0.835. The number of aromatic nitrogens is 4. The highest BCUT2D eigenvalue weighted by atomic mass is 32.2. The molecule has 0 aliphatic rings. The molecule has 8 nitrogen and oxygen atoms in total. The minimum Gasteiger partial charge on any atom is -0.463 e. The van der Waals surface area contributed by atoms with Crippen molar-refractivity contribution in [1.82, 2.24) is 19.7 Å². The monoisotopic (exact) mass is 435 g/mol. The quantitative estimate of drug-likeness (QED) is 0.423. The van der Waals surface area contributed by atoms with Crippen LogP contribution in [-0.2, 0) is 6.42 Å². The number of aryl methyl sites for hydroxylation is 1. The van der Waals surface area contributed by atoms with E-state index in [0.717, 1.165) is 11.3 Å². The lowest BCUT2D eigenvalue weighted by molar-refractivity contribution is 0.102. The molecule has 0 spiro atoms. The molecular weight excluding hydrogens is 414 g/mol. The molecule has 2 N–H and O–H groups in total. The van der Waals surface area contributed by atoms with E-state index in [9.17, 15) is 9.59 Å². The second-order valence-corrected chi connectivity index (χ2v) is 7.62. The molecule has 0 saturated carbocycles. The molecule has 4 rings (SSSR count). The second kappa shape index (κ2) is 9.05. The van der Waals surface area contributed by atoms with E-state index in [1.807, 2.05) is 31.4 Å². The Hall–Kier alpha value is -3.59. The number of H-pyrrole nitrogens is 1. The van der Waals surface area contributed by atoms with Crippen LogP contribution in [-0.4, -0.2) is 31.9 Å². The van der Waals surface area contributed by atoms with E-state index in [4.69, 9.17) is 4.42 Å². The van der Waals surface area contributed by atoms with E-state index in [1.165, 1.54) is 22.5 Å². The fraction of sp³-hybridized carbons (Fsp3) is 0.182. The van der Waals surface area contributed by atoms with Gasteiger partial charge >= 0.3 is 0 Å². The number of furan rings is 1. The van der Waals surface area contributed by atoms with Crippen molar-refractivity contribution in [1.29, 1.82) is 0 Å². The summed E-state index contributed by atoms with van der Waals surface area (Å²) in [7, 11) is 0. The van der Waals surface area contributed by atoms with Gasteiger partial charge < -0.3 is 9.73 Å². The molecule has 1 aromatic carbocycles. The third-order valence-corrected chi connectivity index (χ3v) is 5.36. The number of anilines is 1. The molecule has 4 aromatic rings. The Labute approximate surface area is 182 Å². The summed E-state index contributed by atoms with van der Waals surface area (Å²) in [4.78, 5) is 33.3. The Morgan fingerprint density at radius 2 is 2.06 bits per heavy atom. The van der Waals surface area contributed by atoms with Gasteiger partial charge in [-0.15, -0.1) is 11.8 Å². The third-order valence-electron chi connectivity index (χ3n) is 4.57. The van der Waals surface area contributed by atoms with Gasteiger partial charge in [-0.05, 0) is 36.9 Å². The lowest BCUT2D eigenvalue weighted by Gasteiger charge is -2.10. The molecule has 1 amide bonds. The zero-order chi connectivity index (χ0) is 21.8. The van der Waals surface area contributed by atoms with Gasteiger partial charge in [-0.25, -0.2) is 4.98 Å². The van der Waals surface area contributed by atoms with E-state index >= 15 is 0 Å². The minimum atomic E-state index is -0.288. The first kappa shape index (κ1) is 20.7. The van der Waals surface area contributed by atoms with Gasteiger partial charge in [0.1, 0.15) is 11.5 Å². The summed E-state index contributed by atoms with van der Waals surface area (Å²) in [6.07, 6.45) is 4.97. The third kappa shape index (κ3) is 4.46. The van der Waals surface area contributed by atoms with Gasteiger partial charge in [0.05, 0.1) is 11.8 Å². The molecule has 0 saturated heterocycles. The fourth-order valence-corrected chi connectivity index (χ4v) is 3.77. The highest BCUT2D eigenvalue weighted by molar-refractivity contribution is 7.98. The summed E-state index contributed by atoms with van der Waals surface area (Å²) in [6, 6.07) is 14.0.